The van der Waals surface area contributed by atoms with Crippen LogP contribution in [-0.4, -0.2) is 68.3 Å². The van der Waals surface area contributed by atoms with Gasteiger partial charge in [-0.3, -0.25) is 9.89 Å². The second-order valence-corrected chi connectivity index (χ2v) is 7.44. The lowest BCUT2D eigenvalue weighted by molar-refractivity contribution is 0.0132. The van der Waals surface area contributed by atoms with Crippen molar-refractivity contribution in [3.8, 4) is 0 Å². The maximum absolute atomic E-state index is 5.82. The summed E-state index contributed by atoms with van der Waals surface area (Å²) < 4.78 is 5.49. The van der Waals surface area contributed by atoms with E-state index in [-0.39, 0.29) is 24.0 Å². The summed E-state index contributed by atoms with van der Waals surface area (Å²) in [7, 11) is 1.81. The topological polar surface area (TPSA) is 61.8 Å². The van der Waals surface area contributed by atoms with Gasteiger partial charge in [-0.15, -0.1) is 24.0 Å². The minimum absolute atomic E-state index is 0. The minimum Gasteiger partial charge on any atom is -0.379 e. The lowest BCUT2D eigenvalue weighted by Crippen LogP contribution is -2.51. The molecule has 1 saturated heterocycles. The van der Waals surface area contributed by atoms with Gasteiger partial charge in [0.15, 0.2) is 5.96 Å². The molecule has 1 atom stereocenters. The van der Waals surface area contributed by atoms with E-state index in [9.17, 15) is 0 Å². The van der Waals surface area contributed by atoms with Gasteiger partial charge in [-0.2, -0.15) is 0 Å². The summed E-state index contributed by atoms with van der Waals surface area (Å²) in [5, 5.41) is 7.39. The Morgan fingerprint density at radius 3 is 2.63 bits per heavy atom. The lowest BCUT2D eigenvalue weighted by atomic mass is 10.0. The van der Waals surface area contributed by atoms with Gasteiger partial charge in [0.05, 0.1) is 13.2 Å². The van der Waals surface area contributed by atoms with Gasteiger partial charge in [-0.05, 0) is 30.4 Å². The zero-order valence-electron chi connectivity index (χ0n) is 16.6. The fraction of sp³-hybridized carbons (Fsp3) is 0.684. The van der Waals surface area contributed by atoms with Crippen molar-refractivity contribution in [3.63, 3.8) is 0 Å². The molecule has 1 aliphatic heterocycles. The number of hydrogen-bond acceptors (Lipinski definition) is 4. The SMILES string of the molecule is CN=C(NCCc1ccc(Cl)nc1)NCC(CC(C)C)N1CCOCC1.I. The van der Waals surface area contributed by atoms with Crippen LogP contribution in [0.2, 0.25) is 5.15 Å². The number of halogens is 2. The number of nitrogens with one attached hydrogen (secondary N) is 2. The maximum atomic E-state index is 5.82. The van der Waals surface area contributed by atoms with Crippen molar-refractivity contribution in [2.24, 2.45) is 10.9 Å². The zero-order chi connectivity index (χ0) is 18.8. The van der Waals surface area contributed by atoms with Gasteiger partial charge in [0.2, 0.25) is 0 Å². The molecule has 0 radical (unpaired) electrons. The number of hydrogen-bond donors (Lipinski definition) is 2. The number of ether oxygens (including phenoxy) is 1. The monoisotopic (exact) mass is 509 g/mol. The highest BCUT2D eigenvalue weighted by atomic mass is 127. The molecule has 27 heavy (non-hydrogen) atoms. The summed E-state index contributed by atoms with van der Waals surface area (Å²) in [6.07, 6.45) is 3.86. The molecule has 0 aliphatic carbocycles. The van der Waals surface area contributed by atoms with E-state index in [1.165, 1.54) is 6.42 Å². The first-order valence-corrected chi connectivity index (χ1v) is 9.83. The Hall–Kier alpha value is -0.640. The average molecular weight is 510 g/mol. The molecule has 1 aliphatic rings. The van der Waals surface area contributed by atoms with Crippen LogP contribution in [0.4, 0.5) is 0 Å². The molecule has 0 bridgehead atoms. The molecule has 1 unspecified atom stereocenters. The van der Waals surface area contributed by atoms with Crippen LogP contribution in [0.15, 0.2) is 23.3 Å². The summed E-state index contributed by atoms with van der Waals surface area (Å²) in [6.45, 7) is 9.92. The molecular formula is C19H33ClIN5O. The van der Waals surface area contributed by atoms with Gasteiger partial charge < -0.3 is 15.4 Å². The third kappa shape index (κ3) is 9.40. The van der Waals surface area contributed by atoms with E-state index in [0.29, 0.717) is 17.1 Å². The summed E-state index contributed by atoms with van der Waals surface area (Å²) in [5.41, 5.74) is 1.16. The van der Waals surface area contributed by atoms with Crippen LogP contribution in [0.3, 0.4) is 0 Å². The second-order valence-electron chi connectivity index (χ2n) is 7.05. The Labute approximate surface area is 185 Å². The second kappa shape index (κ2) is 13.5. The average Bonchev–Trinajstić information content (AvgIpc) is 2.65. The van der Waals surface area contributed by atoms with E-state index in [2.05, 4.69) is 39.4 Å². The first-order valence-electron chi connectivity index (χ1n) is 9.45. The van der Waals surface area contributed by atoms with Crippen LogP contribution in [0.1, 0.15) is 25.8 Å². The third-order valence-corrected chi connectivity index (χ3v) is 4.75. The smallest absolute Gasteiger partial charge is 0.191 e. The predicted molar refractivity (Wildman–Crippen MR) is 123 cm³/mol. The first-order chi connectivity index (χ1) is 12.6. The maximum Gasteiger partial charge on any atom is 0.191 e. The highest BCUT2D eigenvalue weighted by Gasteiger charge is 2.22. The molecule has 6 nitrogen and oxygen atoms in total. The Morgan fingerprint density at radius 2 is 2.04 bits per heavy atom. The molecule has 2 rings (SSSR count). The van der Waals surface area contributed by atoms with Gasteiger partial charge in [-0.1, -0.05) is 31.5 Å². The molecule has 1 fully saturated rings. The summed E-state index contributed by atoms with van der Waals surface area (Å²) in [5.74, 6) is 1.51. The summed E-state index contributed by atoms with van der Waals surface area (Å²) >= 11 is 5.82. The molecule has 0 saturated carbocycles. The number of aromatic nitrogens is 1. The lowest BCUT2D eigenvalue weighted by Gasteiger charge is -2.35. The van der Waals surface area contributed by atoms with Crippen LogP contribution < -0.4 is 10.6 Å². The normalized spacial score (nSPS) is 16.7. The van der Waals surface area contributed by atoms with E-state index in [1.54, 1.807) is 0 Å². The molecule has 2 N–H and O–H groups in total. The van der Waals surface area contributed by atoms with E-state index in [1.807, 2.05) is 25.4 Å². The number of morpholine rings is 1. The number of nitrogens with zero attached hydrogens (tertiary/aromatic N) is 3. The van der Waals surface area contributed by atoms with E-state index >= 15 is 0 Å². The summed E-state index contributed by atoms with van der Waals surface area (Å²) in [4.78, 5) is 11.0. The van der Waals surface area contributed by atoms with Crippen LogP contribution in [0.5, 0.6) is 0 Å². The van der Waals surface area contributed by atoms with Gasteiger partial charge >= 0.3 is 0 Å². The largest absolute Gasteiger partial charge is 0.379 e. The molecule has 1 aromatic heterocycles. The van der Waals surface area contributed by atoms with Crippen molar-refractivity contribution in [1.82, 2.24) is 20.5 Å². The predicted octanol–water partition coefficient (Wildman–Crippen LogP) is 2.81. The fourth-order valence-electron chi connectivity index (χ4n) is 3.16. The molecule has 2 heterocycles. The molecular weight excluding hydrogens is 477 g/mol. The van der Waals surface area contributed by atoms with Crippen LogP contribution in [0.25, 0.3) is 0 Å². The minimum atomic E-state index is 0. The molecule has 154 valence electrons. The highest BCUT2D eigenvalue weighted by molar-refractivity contribution is 14.0. The summed E-state index contributed by atoms with van der Waals surface area (Å²) in [6, 6.07) is 4.32. The van der Waals surface area contributed by atoms with Crippen LogP contribution in [-0.2, 0) is 11.2 Å². The molecule has 0 amide bonds. The highest BCUT2D eigenvalue weighted by Crippen LogP contribution is 2.13. The number of pyridine rings is 1. The standard InChI is InChI=1S/C19H32ClN5O.HI/c1-15(2)12-17(25-8-10-26-11-9-25)14-24-19(21-3)22-7-6-16-4-5-18(20)23-13-16;/h4-5,13,15,17H,6-12,14H2,1-3H3,(H2,21,22,24);1H. The van der Waals surface area contributed by atoms with E-state index < -0.39 is 0 Å². The van der Waals surface area contributed by atoms with Crippen molar-refractivity contribution in [3.05, 3.63) is 29.0 Å². The van der Waals surface area contributed by atoms with Gasteiger partial charge in [-0.25, -0.2) is 4.98 Å². The van der Waals surface area contributed by atoms with Crippen molar-refractivity contribution in [2.45, 2.75) is 32.7 Å². The van der Waals surface area contributed by atoms with Crippen molar-refractivity contribution < 1.29 is 4.74 Å². The molecule has 0 spiro atoms. The zero-order valence-corrected chi connectivity index (χ0v) is 19.7. The van der Waals surface area contributed by atoms with Crippen molar-refractivity contribution in [2.75, 3.05) is 46.4 Å². The number of aliphatic imine (C=N–C) groups is 1. The molecule has 0 aromatic carbocycles. The number of rotatable bonds is 8. The van der Waals surface area contributed by atoms with Crippen LogP contribution >= 0.6 is 35.6 Å². The van der Waals surface area contributed by atoms with Gasteiger partial charge in [0, 0.05) is 45.5 Å². The Morgan fingerprint density at radius 1 is 1.30 bits per heavy atom. The van der Waals surface area contributed by atoms with Crippen molar-refractivity contribution in [1.29, 1.82) is 0 Å². The first kappa shape index (κ1) is 24.4. The Balaban J connectivity index is 0.00000364. The van der Waals surface area contributed by atoms with Gasteiger partial charge in [0.25, 0.3) is 0 Å². The third-order valence-electron chi connectivity index (χ3n) is 4.53. The van der Waals surface area contributed by atoms with E-state index in [4.69, 9.17) is 16.3 Å². The quantitative estimate of drug-likeness (QED) is 0.244. The Bertz CT molecular complexity index is 550. The number of guanidine groups is 1. The molecule has 1 aromatic rings. The van der Waals surface area contributed by atoms with Gasteiger partial charge in [0.1, 0.15) is 5.15 Å². The molecule has 8 heteroatoms. The fourth-order valence-corrected chi connectivity index (χ4v) is 3.27. The van der Waals surface area contributed by atoms with E-state index in [0.717, 1.165) is 57.3 Å². The Kier molecular flexibility index (Phi) is 12.2. The van der Waals surface area contributed by atoms with Crippen molar-refractivity contribution >= 4 is 41.5 Å². The van der Waals surface area contributed by atoms with Crippen LogP contribution in [0, 0.1) is 5.92 Å².